The highest BCUT2D eigenvalue weighted by atomic mass is 32.1. The van der Waals surface area contributed by atoms with E-state index in [1.54, 1.807) is 5.38 Å². The maximum absolute atomic E-state index is 10.2. The van der Waals surface area contributed by atoms with Crippen LogP contribution in [0.4, 0.5) is 0 Å². The number of aliphatic carboxylic acids is 1. The molecule has 0 saturated carbocycles. The zero-order valence-electron chi connectivity index (χ0n) is 5.60. The first-order chi connectivity index (χ1) is 5.20. The van der Waals surface area contributed by atoms with Gasteiger partial charge < -0.3 is 10.8 Å². The molecule has 0 fully saturated rings. The standard InChI is InChI=1S/C5H7N3O2S/c6-3(1-5(9)10)4-2-11-8-7-4/h2-3H,1,6H2,(H,9,10). The van der Waals surface area contributed by atoms with Gasteiger partial charge in [0.25, 0.3) is 0 Å². The van der Waals surface area contributed by atoms with Gasteiger partial charge in [0.2, 0.25) is 0 Å². The molecule has 1 unspecified atom stereocenters. The summed E-state index contributed by atoms with van der Waals surface area (Å²) >= 11 is 1.16. The van der Waals surface area contributed by atoms with E-state index in [1.165, 1.54) is 0 Å². The first kappa shape index (κ1) is 8.09. The average molecular weight is 173 g/mol. The molecule has 1 atom stereocenters. The van der Waals surface area contributed by atoms with Crippen LogP contribution in [0.5, 0.6) is 0 Å². The number of hydrogen-bond acceptors (Lipinski definition) is 5. The van der Waals surface area contributed by atoms with Crippen molar-refractivity contribution in [2.24, 2.45) is 5.73 Å². The second-order valence-corrected chi connectivity index (χ2v) is 2.64. The third kappa shape index (κ3) is 2.24. The van der Waals surface area contributed by atoms with Gasteiger partial charge in [-0.15, -0.1) is 5.10 Å². The van der Waals surface area contributed by atoms with Crippen LogP contribution in [0.1, 0.15) is 18.2 Å². The van der Waals surface area contributed by atoms with Crippen molar-refractivity contribution in [2.45, 2.75) is 12.5 Å². The van der Waals surface area contributed by atoms with Gasteiger partial charge in [-0.2, -0.15) is 0 Å². The van der Waals surface area contributed by atoms with Crippen LogP contribution in [-0.4, -0.2) is 20.7 Å². The summed E-state index contributed by atoms with van der Waals surface area (Å²) < 4.78 is 3.57. The number of nitrogens with two attached hydrogens (primary N) is 1. The monoisotopic (exact) mass is 173 g/mol. The summed E-state index contributed by atoms with van der Waals surface area (Å²) in [6, 6.07) is -0.536. The van der Waals surface area contributed by atoms with E-state index in [0.717, 1.165) is 11.5 Å². The molecule has 0 spiro atoms. The molecule has 1 aromatic rings. The van der Waals surface area contributed by atoms with Crippen molar-refractivity contribution in [3.05, 3.63) is 11.1 Å². The number of nitrogens with zero attached hydrogens (tertiary/aromatic N) is 2. The van der Waals surface area contributed by atoms with E-state index >= 15 is 0 Å². The Morgan fingerprint density at radius 2 is 2.64 bits per heavy atom. The molecule has 60 valence electrons. The molecule has 6 heteroatoms. The van der Waals surface area contributed by atoms with E-state index in [-0.39, 0.29) is 6.42 Å². The highest BCUT2D eigenvalue weighted by Crippen LogP contribution is 2.11. The van der Waals surface area contributed by atoms with Crippen molar-refractivity contribution < 1.29 is 9.90 Å². The molecule has 1 rings (SSSR count). The molecule has 0 radical (unpaired) electrons. The Hall–Kier alpha value is -1.01. The number of aromatic nitrogens is 2. The predicted octanol–water partition coefficient (Wildman–Crippen LogP) is 0.0126. The van der Waals surface area contributed by atoms with Crippen molar-refractivity contribution in [1.29, 1.82) is 0 Å². The van der Waals surface area contributed by atoms with Crippen LogP contribution in [-0.2, 0) is 4.79 Å². The van der Waals surface area contributed by atoms with Crippen LogP contribution < -0.4 is 5.73 Å². The van der Waals surface area contributed by atoms with E-state index < -0.39 is 12.0 Å². The minimum atomic E-state index is -0.925. The van der Waals surface area contributed by atoms with Crippen LogP contribution in [0.2, 0.25) is 0 Å². The fraction of sp³-hybridized carbons (Fsp3) is 0.400. The van der Waals surface area contributed by atoms with Gasteiger partial charge in [0, 0.05) is 5.38 Å². The van der Waals surface area contributed by atoms with Crippen molar-refractivity contribution in [3.8, 4) is 0 Å². The SMILES string of the molecule is NC(CC(=O)O)c1csnn1. The molecule has 0 aliphatic rings. The van der Waals surface area contributed by atoms with E-state index in [4.69, 9.17) is 10.8 Å². The molecule has 3 N–H and O–H groups in total. The molecule has 0 bridgehead atoms. The smallest absolute Gasteiger partial charge is 0.305 e. The Morgan fingerprint density at radius 1 is 1.91 bits per heavy atom. The predicted molar refractivity (Wildman–Crippen MR) is 39.1 cm³/mol. The van der Waals surface area contributed by atoms with Gasteiger partial charge in [-0.3, -0.25) is 4.79 Å². The van der Waals surface area contributed by atoms with Crippen LogP contribution in [0, 0.1) is 0 Å². The van der Waals surface area contributed by atoms with E-state index in [0.29, 0.717) is 5.69 Å². The second kappa shape index (κ2) is 3.40. The summed E-state index contributed by atoms with van der Waals surface area (Å²) in [6.45, 7) is 0. The number of carboxylic acids is 1. The van der Waals surface area contributed by atoms with E-state index in [9.17, 15) is 4.79 Å². The zero-order valence-corrected chi connectivity index (χ0v) is 6.41. The summed E-state index contributed by atoms with van der Waals surface area (Å²) in [7, 11) is 0. The summed E-state index contributed by atoms with van der Waals surface area (Å²) in [5.41, 5.74) is 6.00. The molecule has 0 aromatic carbocycles. The van der Waals surface area contributed by atoms with Crippen molar-refractivity contribution in [2.75, 3.05) is 0 Å². The molecule has 1 heterocycles. The van der Waals surface area contributed by atoms with Crippen LogP contribution in [0.3, 0.4) is 0 Å². The van der Waals surface area contributed by atoms with Gasteiger partial charge in [0.05, 0.1) is 18.2 Å². The van der Waals surface area contributed by atoms with E-state index in [1.807, 2.05) is 0 Å². The van der Waals surface area contributed by atoms with Crippen molar-refractivity contribution >= 4 is 17.5 Å². The van der Waals surface area contributed by atoms with Gasteiger partial charge in [-0.05, 0) is 11.5 Å². The minimum Gasteiger partial charge on any atom is -0.481 e. The Bertz CT molecular complexity index is 236. The van der Waals surface area contributed by atoms with Gasteiger partial charge in [0.15, 0.2) is 0 Å². The Balaban J connectivity index is 2.56. The molecule has 0 aliphatic carbocycles. The summed E-state index contributed by atoms with van der Waals surface area (Å²) in [5.74, 6) is -0.925. The number of rotatable bonds is 3. The lowest BCUT2D eigenvalue weighted by molar-refractivity contribution is -0.137. The van der Waals surface area contributed by atoms with Crippen molar-refractivity contribution in [1.82, 2.24) is 9.59 Å². The van der Waals surface area contributed by atoms with Crippen molar-refractivity contribution in [3.63, 3.8) is 0 Å². The van der Waals surface area contributed by atoms with E-state index in [2.05, 4.69) is 9.59 Å². The fourth-order valence-electron chi connectivity index (χ4n) is 0.626. The maximum atomic E-state index is 10.2. The molecule has 1 aromatic heterocycles. The Kier molecular flexibility index (Phi) is 2.50. The number of carboxylic acid groups (broad SMARTS) is 1. The summed E-state index contributed by atoms with van der Waals surface area (Å²) in [6.07, 6.45) is -0.106. The molecule has 5 nitrogen and oxygen atoms in total. The second-order valence-electron chi connectivity index (χ2n) is 2.03. The van der Waals surface area contributed by atoms with Crippen LogP contribution in [0.15, 0.2) is 5.38 Å². The molecule has 0 saturated heterocycles. The zero-order chi connectivity index (χ0) is 8.27. The summed E-state index contributed by atoms with van der Waals surface area (Å²) in [5, 5.41) is 13.7. The first-order valence-electron chi connectivity index (χ1n) is 2.94. The third-order valence-electron chi connectivity index (χ3n) is 1.15. The van der Waals surface area contributed by atoms with Gasteiger partial charge >= 0.3 is 5.97 Å². The van der Waals surface area contributed by atoms with Gasteiger partial charge in [0.1, 0.15) is 0 Å². The third-order valence-corrected chi connectivity index (χ3v) is 1.67. The molecule has 11 heavy (non-hydrogen) atoms. The largest absolute Gasteiger partial charge is 0.481 e. The lowest BCUT2D eigenvalue weighted by atomic mass is 10.2. The highest BCUT2D eigenvalue weighted by Gasteiger charge is 2.12. The maximum Gasteiger partial charge on any atom is 0.305 e. The normalized spacial score (nSPS) is 12.8. The number of hydrogen-bond donors (Lipinski definition) is 2. The molecular weight excluding hydrogens is 166 g/mol. The Labute approximate surface area is 67.0 Å². The molecule has 0 amide bonds. The minimum absolute atomic E-state index is 0.106. The fourth-order valence-corrected chi connectivity index (χ4v) is 1.14. The van der Waals surface area contributed by atoms with Crippen LogP contribution in [0.25, 0.3) is 0 Å². The highest BCUT2D eigenvalue weighted by molar-refractivity contribution is 7.03. The molecule has 0 aliphatic heterocycles. The quantitative estimate of drug-likeness (QED) is 0.672. The van der Waals surface area contributed by atoms with Gasteiger partial charge in [-0.1, -0.05) is 4.49 Å². The topological polar surface area (TPSA) is 89.1 Å². The van der Waals surface area contributed by atoms with Crippen LogP contribution >= 0.6 is 11.5 Å². The lowest BCUT2D eigenvalue weighted by Gasteiger charge is -2.01. The number of carbonyl (C=O) groups is 1. The van der Waals surface area contributed by atoms with Gasteiger partial charge in [-0.25, -0.2) is 0 Å². The molecular formula is C5H7N3O2S. The summed E-state index contributed by atoms with van der Waals surface area (Å²) in [4.78, 5) is 10.2. The first-order valence-corrected chi connectivity index (χ1v) is 3.78. The lowest BCUT2D eigenvalue weighted by Crippen LogP contribution is -2.15. The average Bonchev–Trinajstić information content (AvgIpc) is 2.35. The Morgan fingerprint density at radius 3 is 3.09 bits per heavy atom.